The van der Waals surface area contributed by atoms with Crippen LogP contribution >= 0.6 is 0 Å². The third-order valence-corrected chi connectivity index (χ3v) is 5.08. The molecule has 0 saturated carbocycles. The van der Waals surface area contributed by atoms with Crippen molar-refractivity contribution in [3.8, 4) is 0 Å². The van der Waals surface area contributed by atoms with Crippen molar-refractivity contribution in [2.75, 3.05) is 10.6 Å². The minimum absolute atomic E-state index is 0.176. The van der Waals surface area contributed by atoms with Crippen LogP contribution in [0.2, 0.25) is 0 Å². The first-order valence-electron chi connectivity index (χ1n) is 10.2. The van der Waals surface area contributed by atoms with Gasteiger partial charge in [-0.05, 0) is 49.2 Å². The molecule has 0 saturated heterocycles. The van der Waals surface area contributed by atoms with Gasteiger partial charge >= 0.3 is 0 Å². The van der Waals surface area contributed by atoms with Gasteiger partial charge in [-0.1, -0.05) is 42.0 Å². The Labute approximate surface area is 182 Å². The fourth-order valence-electron chi connectivity index (χ4n) is 3.27. The van der Waals surface area contributed by atoms with Gasteiger partial charge in [0.25, 0.3) is 5.91 Å². The number of nitrogens with one attached hydrogen (secondary N) is 2. The first kappa shape index (κ1) is 20.3. The zero-order valence-electron chi connectivity index (χ0n) is 17.7. The molecule has 0 fully saturated rings. The Morgan fingerprint density at radius 2 is 1.77 bits per heavy atom. The third kappa shape index (κ3) is 5.36. The molecule has 0 atom stereocenters. The van der Waals surface area contributed by atoms with Crippen molar-refractivity contribution >= 4 is 17.4 Å². The Morgan fingerprint density at radius 3 is 2.48 bits per heavy atom. The molecule has 156 valence electrons. The van der Waals surface area contributed by atoms with Gasteiger partial charge in [-0.3, -0.25) is 4.79 Å². The first-order valence-corrected chi connectivity index (χ1v) is 10.2. The van der Waals surface area contributed by atoms with E-state index in [1.807, 2.05) is 56.6 Å². The van der Waals surface area contributed by atoms with Crippen LogP contribution in [0.25, 0.3) is 0 Å². The number of imidazole rings is 1. The van der Waals surface area contributed by atoms with Crippen LogP contribution in [0.1, 0.15) is 32.9 Å². The summed E-state index contributed by atoms with van der Waals surface area (Å²) < 4.78 is 2.12. The first-order chi connectivity index (χ1) is 15.1. The smallest absolute Gasteiger partial charge is 0.257 e. The van der Waals surface area contributed by atoms with Gasteiger partial charge in [0.2, 0.25) is 0 Å². The molecule has 4 aromatic rings. The Bertz CT molecular complexity index is 1160. The van der Waals surface area contributed by atoms with Crippen LogP contribution in [0.15, 0.2) is 79.3 Å². The number of hydrogen-bond donors (Lipinski definition) is 2. The van der Waals surface area contributed by atoms with Crippen molar-refractivity contribution in [3.05, 3.63) is 107 Å². The summed E-state index contributed by atoms with van der Waals surface area (Å²) in [7, 11) is 0. The van der Waals surface area contributed by atoms with Gasteiger partial charge in [-0.2, -0.15) is 0 Å². The van der Waals surface area contributed by atoms with E-state index in [2.05, 4.69) is 49.4 Å². The molecule has 2 heterocycles. The normalized spacial score (nSPS) is 10.6. The zero-order chi connectivity index (χ0) is 21.6. The van der Waals surface area contributed by atoms with Crippen LogP contribution in [0.5, 0.6) is 0 Å². The molecule has 6 heteroatoms. The minimum atomic E-state index is -0.176. The maximum absolute atomic E-state index is 12.4. The van der Waals surface area contributed by atoms with E-state index in [1.165, 1.54) is 11.1 Å². The Hall–Kier alpha value is -3.93. The number of pyridine rings is 1. The average Bonchev–Trinajstić information content (AvgIpc) is 3.19. The van der Waals surface area contributed by atoms with Crippen LogP contribution in [-0.2, 0) is 13.1 Å². The molecular formula is C25H25N5O. The number of hydrogen-bond acceptors (Lipinski definition) is 4. The quantitative estimate of drug-likeness (QED) is 0.458. The van der Waals surface area contributed by atoms with Crippen molar-refractivity contribution in [2.45, 2.75) is 26.9 Å². The number of carbonyl (C=O) groups is 1. The van der Waals surface area contributed by atoms with Gasteiger partial charge in [-0.15, -0.1) is 0 Å². The summed E-state index contributed by atoms with van der Waals surface area (Å²) >= 11 is 0. The summed E-state index contributed by atoms with van der Waals surface area (Å²) in [4.78, 5) is 21.1. The van der Waals surface area contributed by atoms with Crippen molar-refractivity contribution < 1.29 is 4.79 Å². The highest BCUT2D eigenvalue weighted by atomic mass is 16.1. The number of aryl methyl sites for hydroxylation is 2. The summed E-state index contributed by atoms with van der Waals surface area (Å²) in [6, 6.07) is 19.7. The molecular weight excluding hydrogens is 386 g/mol. The van der Waals surface area contributed by atoms with Crippen molar-refractivity contribution in [1.82, 2.24) is 14.5 Å². The number of rotatable bonds is 7. The number of carbonyl (C=O) groups excluding carboxylic acids is 1. The molecule has 31 heavy (non-hydrogen) atoms. The minimum Gasteiger partial charge on any atom is -0.366 e. The summed E-state index contributed by atoms with van der Waals surface area (Å²) in [5, 5.41) is 6.20. The molecule has 1 amide bonds. The fourth-order valence-corrected chi connectivity index (χ4v) is 3.27. The predicted molar refractivity (Wildman–Crippen MR) is 123 cm³/mol. The van der Waals surface area contributed by atoms with E-state index in [0.717, 1.165) is 29.4 Å². The van der Waals surface area contributed by atoms with Gasteiger partial charge in [0.15, 0.2) is 0 Å². The highest BCUT2D eigenvalue weighted by Crippen LogP contribution is 2.13. The van der Waals surface area contributed by atoms with Crippen LogP contribution in [0.4, 0.5) is 11.5 Å². The van der Waals surface area contributed by atoms with E-state index < -0.39 is 0 Å². The van der Waals surface area contributed by atoms with E-state index in [0.29, 0.717) is 12.1 Å². The number of benzene rings is 2. The van der Waals surface area contributed by atoms with Crippen LogP contribution < -0.4 is 10.6 Å². The van der Waals surface area contributed by atoms with E-state index in [9.17, 15) is 4.79 Å². The van der Waals surface area contributed by atoms with Crippen LogP contribution in [-0.4, -0.2) is 20.4 Å². The molecule has 0 unspecified atom stereocenters. The lowest BCUT2D eigenvalue weighted by atomic mass is 10.1. The summed E-state index contributed by atoms with van der Waals surface area (Å²) in [5.74, 6) is 1.55. The number of nitrogens with zero attached hydrogens (tertiary/aromatic N) is 3. The van der Waals surface area contributed by atoms with E-state index in [-0.39, 0.29) is 5.91 Å². The molecule has 0 aliphatic rings. The standard InChI is InChI=1S/C25H25N5O/c1-18-6-9-23(10-7-18)29-25(31)22-8-11-24(28-16-22)27-15-20-4-3-5-21(14-20)17-30-13-12-26-19(30)2/h3-14,16H,15,17H2,1-2H3,(H,27,28)(H,29,31). The molecule has 0 aliphatic heterocycles. The molecule has 6 nitrogen and oxygen atoms in total. The topological polar surface area (TPSA) is 71.8 Å². The van der Waals surface area contributed by atoms with Gasteiger partial charge in [0.05, 0.1) is 5.56 Å². The fraction of sp³-hybridized carbons (Fsp3) is 0.160. The monoisotopic (exact) mass is 411 g/mol. The summed E-state index contributed by atoms with van der Waals surface area (Å²) in [6.45, 7) is 5.46. The van der Waals surface area contributed by atoms with Crippen LogP contribution in [0, 0.1) is 13.8 Å². The number of anilines is 2. The molecule has 2 aromatic heterocycles. The van der Waals surface area contributed by atoms with E-state index in [4.69, 9.17) is 0 Å². The lowest BCUT2D eigenvalue weighted by Crippen LogP contribution is -2.12. The molecule has 2 aromatic carbocycles. The van der Waals surface area contributed by atoms with Gasteiger partial charge in [0.1, 0.15) is 11.6 Å². The SMILES string of the molecule is Cc1ccc(NC(=O)c2ccc(NCc3cccc(Cn4ccnc4C)c3)nc2)cc1. The third-order valence-electron chi connectivity index (χ3n) is 5.08. The second kappa shape index (κ2) is 9.26. The maximum atomic E-state index is 12.4. The lowest BCUT2D eigenvalue weighted by Gasteiger charge is -2.10. The van der Waals surface area contributed by atoms with E-state index >= 15 is 0 Å². The van der Waals surface area contributed by atoms with Gasteiger partial charge in [0, 0.05) is 37.4 Å². The summed E-state index contributed by atoms with van der Waals surface area (Å²) in [6.07, 6.45) is 5.39. The van der Waals surface area contributed by atoms with Crippen molar-refractivity contribution in [3.63, 3.8) is 0 Å². The highest BCUT2D eigenvalue weighted by Gasteiger charge is 2.07. The second-order valence-electron chi connectivity index (χ2n) is 7.53. The Kier molecular flexibility index (Phi) is 6.08. The number of aromatic nitrogens is 3. The Balaban J connectivity index is 1.34. The largest absolute Gasteiger partial charge is 0.366 e. The molecule has 2 N–H and O–H groups in total. The van der Waals surface area contributed by atoms with Gasteiger partial charge in [-0.25, -0.2) is 9.97 Å². The molecule has 0 spiro atoms. The summed E-state index contributed by atoms with van der Waals surface area (Å²) in [5.41, 5.74) is 4.82. The lowest BCUT2D eigenvalue weighted by molar-refractivity contribution is 0.102. The number of amides is 1. The van der Waals surface area contributed by atoms with Crippen LogP contribution in [0.3, 0.4) is 0 Å². The predicted octanol–water partition coefficient (Wildman–Crippen LogP) is 4.81. The molecule has 0 bridgehead atoms. The zero-order valence-corrected chi connectivity index (χ0v) is 17.7. The highest BCUT2D eigenvalue weighted by molar-refractivity contribution is 6.04. The molecule has 4 rings (SSSR count). The van der Waals surface area contributed by atoms with Crippen molar-refractivity contribution in [2.24, 2.45) is 0 Å². The van der Waals surface area contributed by atoms with Gasteiger partial charge < -0.3 is 15.2 Å². The molecule has 0 aliphatic carbocycles. The van der Waals surface area contributed by atoms with E-state index in [1.54, 1.807) is 12.3 Å². The Morgan fingerprint density at radius 1 is 0.968 bits per heavy atom. The second-order valence-corrected chi connectivity index (χ2v) is 7.53. The average molecular weight is 412 g/mol. The molecule has 0 radical (unpaired) electrons. The van der Waals surface area contributed by atoms with Crippen molar-refractivity contribution in [1.29, 1.82) is 0 Å². The maximum Gasteiger partial charge on any atom is 0.257 e.